The molecular weight excluding hydrogens is 608 g/mol. The van der Waals surface area contributed by atoms with Crippen LogP contribution in [0.15, 0.2) is 71.2 Å². The van der Waals surface area contributed by atoms with E-state index in [1.807, 2.05) is 11.9 Å². The number of nitrogens with zero attached hydrogens (tertiary/aromatic N) is 4. The number of anilines is 1. The number of H-pyrrole nitrogens is 1. The average molecular weight is 647 g/mol. The second kappa shape index (κ2) is 18.9. The Hall–Kier alpha value is -4.82. The maximum atomic E-state index is 14.0. The van der Waals surface area contributed by atoms with Gasteiger partial charge in [-0.1, -0.05) is 6.58 Å². The summed E-state index contributed by atoms with van der Waals surface area (Å²) < 4.78 is 64.1. The van der Waals surface area contributed by atoms with Gasteiger partial charge in [0.25, 0.3) is 0 Å². The minimum absolute atomic E-state index is 0.0293. The Balaban J connectivity index is 2.42. The van der Waals surface area contributed by atoms with Gasteiger partial charge < -0.3 is 29.9 Å². The summed E-state index contributed by atoms with van der Waals surface area (Å²) in [6.45, 7) is 7.27. The van der Waals surface area contributed by atoms with Crippen molar-refractivity contribution in [2.24, 2.45) is 4.99 Å². The first-order valence-electron chi connectivity index (χ1n) is 14.1. The van der Waals surface area contributed by atoms with E-state index >= 15 is 0 Å². The molecule has 0 spiro atoms. The third-order valence-corrected chi connectivity index (χ3v) is 6.50. The second-order valence-corrected chi connectivity index (χ2v) is 9.72. The molecule has 0 aliphatic carbocycles. The zero-order chi connectivity index (χ0) is 34.2. The van der Waals surface area contributed by atoms with Crippen molar-refractivity contribution in [2.75, 3.05) is 39.1 Å². The first-order chi connectivity index (χ1) is 22.0. The molecule has 0 radical (unpaired) electrons. The molecule has 0 unspecified atom stereocenters. The summed E-state index contributed by atoms with van der Waals surface area (Å²) in [5.74, 6) is -3.06. The number of nitrogens with two attached hydrogens (primary N) is 1. The Morgan fingerprint density at radius 2 is 2.02 bits per heavy atom. The number of ether oxygens (including phenoxy) is 2. The number of carbonyl (C=O) groups excluding carboxylic acids is 2. The van der Waals surface area contributed by atoms with Crippen LogP contribution in [0.1, 0.15) is 42.7 Å². The number of halogens is 4. The number of aliphatic imine (C=N–C) groups is 1. The number of carbonyl (C=O) groups is 2. The van der Waals surface area contributed by atoms with Crippen LogP contribution in [-0.4, -0.2) is 78.4 Å². The number of nitrogens with one attached hydrogen (secondary N) is 1. The van der Waals surface area contributed by atoms with Crippen molar-refractivity contribution >= 4 is 42.5 Å². The number of allylic oxidation sites excluding steroid dienone is 6. The highest BCUT2D eigenvalue weighted by Crippen LogP contribution is 2.24. The van der Waals surface area contributed by atoms with Crippen LogP contribution >= 0.6 is 0 Å². The Labute approximate surface area is 264 Å². The van der Waals surface area contributed by atoms with E-state index in [-0.39, 0.29) is 23.7 Å². The normalized spacial score (nSPS) is 14.2. The van der Waals surface area contributed by atoms with Gasteiger partial charge in [0.2, 0.25) is 5.78 Å². The molecule has 14 heteroatoms. The largest absolute Gasteiger partial charge is 0.483 e. The zero-order valence-electron chi connectivity index (χ0n) is 25.9. The zero-order valence-corrected chi connectivity index (χ0v) is 25.9. The van der Waals surface area contributed by atoms with Gasteiger partial charge in [0.15, 0.2) is 17.4 Å². The molecule has 0 amide bonds. The van der Waals surface area contributed by atoms with Gasteiger partial charge in [-0.05, 0) is 87.8 Å². The predicted molar refractivity (Wildman–Crippen MR) is 171 cm³/mol. The first-order valence-corrected chi connectivity index (χ1v) is 14.1. The van der Waals surface area contributed by atoms with E-state index < -0.39 is 36.4 Å². The Bertz CT molecular complexity index is 1640. The summed E-state index contributed by atoms with van der Waals surface area (Å²) in [6.07, 6.45) is 11.1. The highest BCUT2D eigenvalue weighted by molar-refractivity contribution is 6.10. The van der Waals surface area contributed by atoms with Crippen LogP contribution in [0.25, 0.3) is 17.8 Å². The van der Waals surface area contributed by atoms with E-state index in [1.54, 1.807) is 13.0 Å². The number of unbranched alkanes of at least 4 members (excludes halogenated alkanes) is 1. The molecule has 0 aromatic carbocycles. The fourth-order valence-corrected chi connectivity index (χ4v) is 4.05. The molecule has 248 valence electrons. The van der Waals surface area contributed by atoms with E-state index in [9.17, 15) is 27.2 Å². The number of alkyl halides is 2. The van der Waals surface area contributed by atoms with Gasteiger partial charge in [-0.15, -0.1) is 0 Å². The van der Waals surface area contributed by atoms with Crippen molar-refractivity contribution in [1.82, 2.24) is 19.7 Å². The topological polar surface area (TPSA) is 128 Å². The molecule has 2 aromatic rings. The molecule has 0 fully saturated rings. The highest BCUT2D eigenvalue weighted by atomic mass is 19.3. The van der Waals surface area contributed by atoms with Gasteiger partial charge in [0, 0.05) is 18.3 Å². The quantitative estimate of drug-likeness (QED) is 0.0440. The molecule has 3 N–H and O–H groups in total. The van der Waals surface area contributed by atoms with E-state index in [4.69, 9.17) is 10.5 Å². The van der Waals surface area contributed by atoms with Crippen molar-refractivity contribution in [3.8, 4) is 0 Å². The fraction of sp³-hybridized carbons (Fsp3) is 0.312. The average Bonchev–Trinajstić information content (AvgIpc) is 3.62. The number of aromatic nitrogens is 3. The van der Waals surface area contributed by atoms with Gasteiger partial charge in [0.1, 0.15) is 18.7 Å². The number of hydrogen-bond acceptors (Lipinski definition) is 8. The minimum Gasteiger partial charge on any atom is -0.483 e. The second-order valence-electron chi connectivity index (χ2n) is 9.72. The number of nitrogen functional groups attached to an aromatic ring is 1. The van der Waals surface area contributed by atoms with Gasteiger partial charge in [-0.2, -0.15) is 13.9 Å². The standard InChI is InChI=1S/C32H38F4N6O4/c1-6-24(33)30(25(34)7-2)45-16-11-21(3)28(20-38-4)42-31(37)23(19-39-42)29(44)27-18-22(12-17-46-32(35)36)26(40-27)10-14-41(5)13-8-9-15-43/h6-7,10-12,15,18-20,32,40H,1,4,8-9,13-14,16-17,37H2,2-3,5H3/b21-11-,22-12-,25-7+,26-10+,28-20+,30-24-. The summed E-state index contributed by atoms with van der Waals surface area (Å²) in [7, 11) is 1.86. The predicted octanol–water partition coefficient (Wildman–Crippen LogP) is 4.44. The third kappa shape index (κ3) is 10.7. The van der Waals surface area contributed by atoms with Crippen molar-refractivity contribution in [1.29, 1.82) is 0 Å². The number of hydrogen-bond donors (Lipinski definition) is 2. The number of rotatable bonds is 19. The van der Waals surface area contributed by atoms with Crippen LogP contribution in [0, 0.1) is 0 Å². The third-order valence-electron chi connectivity index (χ3n) is 6.50. The smallest absolute Gasteiger partial charge is 0.345 e. The van der Waals surface area contributed by atoms with Crippen LogP contribution in [0.3, 0.4) is 0 Å². The fourth-order valence-electron chi connectivity index (χ4n) is 4.05. The molecule has 0 saturated heterocycles. The summed E-state index contributed by atoms with van der Waals surface area (Å²) in [5.41, 5.74) is 7.27. The summed E-state index contributed by atoms with van der Waals surface area (Å²) in [5, 5.41) is 5.20. The summed E-state index contributed by atoms with van der Waals surface area (Å²) in [4.78, 5) is 32.9. The van der Waals surface area contributed by atoms with Gasteiger partial charge in [-0.25, -0.2) is 13.5 Å². The van der Waals surface area contributed by atoms with Crippen LogP contribution in [0.2, 0.25) is 0 Å². The molecule has 46 heavy (non-hydrogen) atoms. The molecule has 0 aliphatic rings. The molecule has 0 saturated carbocycles. The number of aldehydes is 1. The van der Waals surface area contributed by atoms with E-state index in [0.717, 1.165) is 18.4 Å². The van der Waals surface area contributed by atoms with Gasteiger partial charge in [-0.3, -0.25) is 9.79 Å². The lowest BCUT2D eigenvalue weighted by Gasteiger charge is -2.12. The molecule has 0 atom stereocenters. The van der Waals surface area contributed by atoms with Crippen LogP contribution in [0.4, 0.5) is 23.4 Å². The van der Waals surface area contributed by atoms with E-state index in [0.29, 0.717) is 47.8 Å². The SMILES string of the molecule is C=C/C(F)=C(OC/C=C(C)\C(=C/N=C)n1ncc(C(=O)c2cc(=C/COC(F)F)/c(=C\CN(C)CCCC=O)[nH]2)c1N)\C(F)=C/C. The highest BCUT2D eigenvalue weighted by Gasteiger charge is 2.21. The monoisotopic (exact) mass is 646 g/mol. The molecule has 0 aliphatic heterocycles. The molecule has 0 bridgehead atoms. The Kier molecular flexibility index (Phi) is 15.3. The first kappa shape index (κ1) is 37.4. The van der Waals surface area contributed by atoms with Gasteiger partial charge in [0.05, 0.1) is 36.0 Å². The lowest BCUT2D eigenvalue weighted by atomic mass is 10.1. The molecule has 2 aromatic heterocycles. The maximum absolute atomic E-state index is 14.0. The van der Waals surface area contributed by atoms with Crippen molar-refractivity contribution in [3.63, 3.8) is 0 Å². The number of ketones is 1. The Morgan fingerprint density at radius 3 is 2.65 bits per heavy atom. The summed E-state index contributed by atoms with van der Waals surface area (Å²) in [6, 6.07) is 1.49. The van der Waals surface area contributed by atoms with E-state index in [1.165, 1.54) is 42.2 Å². The van der Waals surface area contributed by atoms with Gasteiger partial charge >= 0.3 is 6.61 Å². The van der Waals surface area contributed by atoms with Crippen molar-refractivity contribution in [2.45, 2.75) is 33.3 Å². The lowest BCUT2D eigenvalue weighted by molar-refractivity contribution is -0.116. The van der Waals surface area contributed by atoms with Crippen molar-refractivity contribution in [3.05, 3.63) is 88.1 Å². The lowest BCUT2D eigenvalue weighted by Crippen LogP contribution is -2.27. The van der Waals surface area contributed by atoms with E-state index in [2.05, 4.69) is 33.1 Å². The maximum Gasteiger partial charge on any atom is 0.345 e. The Morgan fingerprint density at radius 1 is 1.28 bits per heavy atom. The van der Waals surface area contributed by atoms with Crippen LogP contribution < -0.4 is 16.3 Å². The number of aromatic amines is 1. The molecule has 2 heterocycles. The van der Waals surface area contributed by atoms with Crippen LogP contribution in [-0.2, 0) is 14.3 Å². The molecule has 10 nitrogen and oxygen atoms in total. The van der Waals surface area contributed by atoms with Crippen LogP contribution in [0.5, 0.6) is 0 Å². The summed E-state index contributed by atoms with van der Waals surface area (Å²) >= 11 is 0. The molecule has 2 rings (SSSR count). The minimum atomic E-state index is -2.96. The van der Waals surface area contributed by atoms with Crippen molar-refractivity contribution < 1.29 is 36.6 Å². The molecular formula is C32H38F4N6O4.